The Kier molecular flexibility index (Phi) is 3.90. The lowest BCUT2D eigenvalue weighted by Crippen LogP contribution is -2.14. The van der Waals surface area contributed by atoms with Gasteiger partial charge in [0, 0.05) is 0 Å². The Balaban J connectivity index is 2.22. The van der Waals surface area contributed by atoms with E-state index in [1.165, 1.54) is 6.07 Å². The van der Waals surface area contributed by atoms with Crippen LogP contribution in [-0.2, 0) is 11.2 Å². The number of benzene rings is 1. The lowest BCUT2D eigenvalue weighted by molar-refractivity contribution is -0.117. The van der Waals surface area contributed by atoms with Crippen LogP contribution in [0.5, 0.6) is 5.75 Å². The first-order chi connectivity index (χ1) is 9.56. The number of nitrogens with zero attached hydrogens (tertiary/aromatic N) is 3. The van der Waals surface area contributed by atoms with E-state index >= 15 is 0 Å². The lowest BCUT2D eigenvalue weighted by Gasteiger charge is -2.02. The van der Waals surface area contributed by atoms with Crippen molar-refractivity contribution in [1.29, 1.82) is 0 Å². The number of aromatic nitrogens is 1. The number of anilines is 1. The van der Waals surface area contributed by atoms with Gasteiger partial charge < -0.3 is 16.6 Å². The largest absolute Gasteiger partial charge is 0.506 e. The van der Waals surface area contributed by atoms with Crippen molar-refractivity contribution in [1.82, 2.24) is 4.98 Å². The maximum Gasteiger partial charge on any atom is 0.223 e. The lowest BCUT2D eigenvalue weighted by atomic mass is 10.2. The number of carbonyl (C=O) groups excluding carboxylic acids is 1. The molecule has 0 fully saturated rings. The molecule has 0 saturated carbocycles. The van der Waals surface area contributed by atoms with Crippen LogP contribution in [0.25, 0.3) is 0 Å². The van der Waals surface area contributed by atoms with Gasteiger partial charge in [-0.15, -0.1) is 10.2 Å². The quantitative estimate of drug-likeness (QED) is 0.732. The number of primary amides is 1. The van der Waals surface area contributed by atoms with Crippen molar-refractivity contribution in [3.63, 3.8) is 0 Å². The summed E-state index contributed by atoms with van der Waals surface area (Å²) in [5, 5.41) is 17.4. The molecular formula is C13H13N5O2. The van der Waals surface area contributed by atoms with Gasteiger partial charge in [0.05, 0.1) is 12.1 Å². The number of hydrogen-bond donors (Lipinski definition) is 3. The third-order valence-corrected chi connectivity index (χ3v) is 2.46. The van der Waals surface area contributed by atoms with E-state index in [0.717, 1.165) is 0 Å². The molecule has 102 valence electrons. The van der Waals surface area contributed by atoms with Crippen molar-refractivity contribution in [3.8, 4) is 5.75 Å². The number of nitrogen functional groups attached to an aromatic ring is 1. The Morgan fingerprint density at radius 3 is 2.50 bits per heavy atom. The van der Waals surface area contributed by atoms with Gasteiger partial charge in [0.2, 0.25) is 5.91 Å². The molecular weight excluding hydrogens is 258 g/mol. The van der Waals surface area contributed by atoms with E-state index < -0.39 is 5.91 Å². The summed E-state index contributed by atoms with van der Waals surface area (Å²) in [6.07, 6.45) is 0.0150. The number of azo groups is 1. The van der Waals surface area contributed by atoms with Crippen molar-refractivity contribution in [2.45, 2.75) is 6.42 Å². The molecule has 7 heteroatoms. The predicted molar refractivity (Wildman–Crippen MR) is 73.8 cm³/mol. The number of para-hydroxylation sites is 1. The first-order valence-corrected chi connectivity index (χ1v) is 5.79. The summed E-state index contributed by atoms with van der Waals surface area (Å²) in [6.45, 7) is 0. The van der Waals surface area contributed by atoms with Crippen LogP contribution in [-0.4, -0.2) is 16.0 Å². The second kappa shape index (κ2) is 5.79. The van der Waals surface area contributed by atoms with Gasteiger partial charge >= 0.3 is 0 Å². The van der Waals surface area contributed by atoms with E-state index in [2.05, 4.69) is 15.2 Å². The Labute approximate surface area is 115 Å². The van der Waals surface area contributed by atoms with E-state index in [1.807, 2.05) is 0 Å². The minimum Gasteiger partial charge on any atom is -0.506 e. The second-order valence-corrected chi connectivity index (χ2v) is 4.04. The van der Waals surface area contributed by atoms with Crippen LogP contribution in [0, 0.1) is 0 Å². The molecule has 2 rings (SSSR count). The molecule has 0 spiro atoms. The highest BCUT2D eigenvalue weighted by Gasteiger charge is 2.05. The number of aromatic hydroxyl groups is 1. The van der Waals surface area contributed by atoms with Crippen molar-refractivity contribution in [2.24, 2.45) is 16.0 Å². The Morgan fingerprint density at radius 1 is 1.15 bits per heavy atom. The van der Waals surface area contributed by atoms with E-state index in [1.54, 1.807) is 30.3 Å². The molecule has 0 aliphatic rings. The summed E-state index contributed by atoms with van der Waals surface area (Å²) < 4.78 is 0. The number of nitrogens with two attached hydrogens (primary N) is 2. The molecule has 1 aromatic carbocycles. The number of phenolic OH excluding ortho intramolecular Hbond substituents is 1. The fraction of sp³-hybridized carbons (Fsp3) is 0.0769. The molecule has 2 aromatic rings. The van der Waals surface area contributed by atoms with Crippen molar-refractivity contribution in [3.05, 3.63) is 42.1 Å². The maximum absolute atomic E-state index is 10.8. The number of pyridine rings is 1. The Hall–Kier alpha value is -2.96. The van der Waals surface area contributed by atoms with E-state index in [0.29, 0.717) is 17.1 Å². The SMILES string of the molecule is NC(=O)Cc1ccc(N=Nc2ccccc2O)c(N)n1. The van der Waals surface area contributed by atoms with Gasteiger partial charge in [-0.25, -0.2) is 4.98 Å². The van der Waals surface area contributed by atoms with Gasteiger partial charge in [-0.1, -0.05) is 12.1 Å². The number of carbonyl (C=O) groups is 1. The van der Waals surface area contributed by atoms with Crippen LogP contribution in [0.15, 0.2) is 46.6 Å². The normalized spacial score (nSPS) is 10.8. The van der Waals surface area contributed by atoms with E-state index in [-0.39, 0.29) is 18.0 Å². The van der Waals surface area contributed by atoms with Crippen LogP contribution >= 0.6 is 0 Å². The van der Waals surface area contributed by atoms with Crippen LogP contribution < -0.4 is 11.5 Å². The molecule has 0 aliphatic carbocycles. The molecule has 1 aromatic heterocycles. The summed E-state index contributed by atoms with van der Waals surface area (Å²) in [6, 6.07) is 9.72. The molecule has 0 radical (unpaired) electrons. The van der Waals surface area contributed by atoms with Crippen LogP contribution in [0.2, 0.25) is 0 Å². The zero-order valence-corrected chi connectivity index (χ0v) is 10.5. The molecule has 0 bridgehead atoms. The number of phenols is 1. The average molecular weight is 271 g/mol. The van der Waals surface area contributed by atoms with Gasteiger partial charge in [-0.3, -0.25) is 4.79 Å². The van der Waals surface area contributed by atoms with Gasteiger partial charge in [0.15, 0.2) is 5.82 Å². The third kappa shape index (κ3) is 3.29. The van der Waals surface area contributed by atoms with Crippen molar-refractivity contribution in [2.75, 3.05) is 5.73 Å². The Morgan fingerprint density at radius 2 is 1.85 bits per heavy atom. The van der Waals surface area contributed by atoms with Crippen molar-refractivity contribution < 1.29 is 9.90 Å². The molecule has 0 aliphatic heterocycles. The van der Waals surface area contributed by atoms with Gasteiger partial charge in [-0.2, -0.15) is 0 Å². The van der Waals surface area contributed by atoms with Gasteiger partial charge in [-0.05, 0) is 24.3 Å². The van der Waals surface area contributed by atoms with Crippen LogP contribution in [0.4, 0.5) is 17.2 Å². The molecule has 1 heterocycles. The minimum absolute atomic E-state index is 0.0150. The minimum atomic E-state index is -0.486. The first-order valence-electron chi connectivity index (χ1n) is 5.79. The highest BCUT2D eigenvalue weighted by atomic mass is 16.3. The standard InChI is InChI=1S/C13H13N5O2/c14-12(20)7-8-5-6-10(13(15)16-8)18-17-9-3-1-2-4-11(9)19/h1-6,19H,7H2,(H2,14,20)(H2,15,16). The average Bonchev–Trinajstić information content (AvgIpc) is 2.39. The van der Waals surface area contributed by atoms with Gasteiger partial charge in [0.25, 0.3) is 0 Å². The zero-order valence-electron chi connectivity index (χ0n) is 10.5. The first kappa shape index (κ1) is 13.5. The molecule has 7 nitrogen and oxygen atoms in total. The number of hydrogen-bond acceptors (Lipinski definition) is 6. The van der Waals surface area contributed by atoms with E-state index in [9.17, 15) is 9.90 Å². The fourth-order valence-corrected chi connectivity index (χ4v) is 1.53. The fourth-order valence-electron chi connectivity index (χ4n) is 1.53. The molecule has 1 amide bonds. The molecule has 0 saturated heterocycles. The maximum atomic E-state index is 10.8. The van der Waals surface area contributed by atoms with Gasteiger partial charge in [0.1, 0.15) is 17.1 Å². The summed E-state index contributed by atoms with van der Waals surface area (Å²) in [5.74, 6) is -0.323. The molecule has 0 atom stereocenters. The smallest absolute Gasteiger partial charge is 0.223 e. The summed E-state index contributed by atoms with van der Waals surface area (Å²) >= 11 is 0. The van der Waals surface area contributed by atoms with E-state index in [4.69, 9.17) is 11.5 Å². The molecule has 5 N–H and O–H groups in total. The molecule has 20 heavy (non-hydrogen) atoms. The highest BCUT2D eigenvalue weighted by Crippen LogP contribution is 2.28. The monoisotopic (exact) mass is 271 g/mol. The number of amides is 1. The predicted octanol–water partition coefficient (Wildman–Crippen LogP) is 1.81. The number of rotatable bonds is 4. The van der Waals surface area contributed by atoms with Crippen LogP contribution in [0.1, 0.15) is 5.69 Å². The summed E-state index contributed by atoms with van der Waals surface area (Å²) in [4.78, 5) is 14.8. The second-order valence-electron chi connectivity index (χ2n) is 4.04. The summed E-state index contributed by atoms with van der Waals surface area (Å²) in [7, 11) is 0. The summed E-state index contributed by atoms with van der Waals surface area (Å²) in [5.41, 5.74) is 11.9. The third-order valence-electron chi connectivity index (χ3n) is 2.46. The van der Waals surface area contributed by atoms with Crippen LogP contribution in [0.3, 0.4) is 0 Å². The van der Waals surface area contributed by atoms with Crippen molar-refractivity contribution >= 4 is 23.1 Å². The Bertz CT molecular complexity index is 670. The zero-order chi connectivity index (χ0) is 14.5. The molecule has 0 unspecified atom stereocenters. The topological polar surface area (TPSA) is 127 Å². The highest BCUT2D eigenvalue weighted by molar-refractivity contribution is 5.76.